The minimum Gasteiger partial charge on any atom is -0.444 e. The van der Waals surface area contributed by atoms with Crippen LogP contribution in [0.4, 0.5) is 24.9 Å². The molecule has 0 unspecified atom stereocenters. The normalized spacial score (nSPS) is 12.0. The number of carbonyl (C=O) groups is 5. The first-order valence-electron chi connectivity index (χ1n) is 17.1. The molecule has 290 valence electrons. The van der Waals surface area contributed by atoms with Crippen LogP contribution < -0.4 is 16.0 Å². The average molecular weight is 724 g/mol. The number of amides is 5. The summed E-state index contributed by atoms with van der Waals surface area (Å²) in [4.78, 5) is 66.4. The van der Waals surface area contributed by atoms with Gasteiger partial charge in [0.25, 0.3) is 0 Å². The zero-order chi connectivity index (χ0) is 39.2. The highest BCUT2D eigenvalue weighted by Crippen LogP contribution is 2.20. The van der Waals surface area contributed by atoms with Gasteiger partial charge in [0.05, 0.1) is 0 Å². The van der Waals surface area contributed by atoms with Crippen molar-refractivity contribution in [3.63, 3.8) is 0 Å². The molecule has 51 heavy (non-hydrogen) atoms. The first kappa shape index (κ1) is 44.8. The number of carbonyl (C=O) groups excluding carboxylic acids is 5. The summed E-state index contributed by atoms with van der Waals surface area (Å²) >= 11 is 0. The third-order valence-corrected chi connectivity index (χ3v) is 6.27. The van der Waals surface area contributed by atoms with E-state index in [4.69, 9.17) is 24.1 Å². The van der Waals surface area contributed by atoms with Gasteiger partial charge in [-0.05, 0) is 113 Å². The Morgan fingerprint density at radius 1 is 0.627 bits per heavy atom. The predicted molar refractivity (Wildman–Crippen MR) is 193 cm³/mol. The Morgan fingerprint density at radius 3 is 1.33 bits per heavy atom. The van der Waals surface area contributed by atoms with E-state index in [0.29, 0.717) is 12.1 Å². The summed E-state index contributed by atoms with van der Waals surface area (Å²) in [6.07, 6.45) is -2.13. The third-order valence-electron chi connectivity index (χ3n) is 6.27. The van der Waals surface area contributed by atoms with Crippen LogP contribution in [-0.2, 0) is 30.2 Å². The van der Waals surface area contributed by atoms with Gasteiger partial charge in [0.15, 0.2) is 0 Å². The molecule has 0 radical (unpaired) electrons. The SMILES string of the molecule is CC(C)(C)OC(=O)NCCN(CC(Cc1ccc(NC(=O)CO)cc1)CN(CCNC(=O)OC(C)(C)C)C(=O)OC(C)(C)C)C(=O)OC(C)(C)C. The van der Waals surface area contributed by atoms with Gasteiger partial charge in [0, 0.05) is 45.0 Å². The second-order valence-corrected chi connectivity index (χ2v) is 16.2. The van der Waals surface area contributed by atoms with E-state index in [1.165, 1.54) is 9.80 Å². The highest BCUT2D eigenvalue weighted by molar-refractivity contribution is 5.91. The van der Waals surface area contributed by atoms with Crippen molar-refractivity contribution in [2.45, 2.75) is 112 Å². The van der Waals surface area contributed by atoms with E-state index < -0.39 is 65.2 Å². The van der Waals surface area contributed by atoms with Gasteiger partial charge in [-0.1, -0.05) is 12.1 Å². The van der Waals surface area contributed by atoms with Crippen LogP contribution in [0.25, 0.3) is 0 Å². The third kappa shape index (κ3) is 21.5. The molecule has 0 saturated heterocycles. The topological polar surface area (TPSA) is 185 Å². The molecule has 15 heteroatoms. The van der Waals surface area contributed by atoms with Gasteiger partial charge in [-0.15, -0.1) is 0 Å². The highest BCUT2D eigenvalue weighted by Gasteiger charge is 2.30. The fraction of sp³-hybridized carbons (Fsp3) is 0.694. The Hall–Kier alpha value is -4.27. The summed E-state index contributed by atoms with van der Waals surface area (Å²) in [5.41, 5.74) is -1.72. The van der Waals surface area contributed by atoms with Crippen molar-refractivity contribution in [3.8, 4) is 0 Å². The monoisotopic (exact) mass is 723 g/mol. The van der Waals surface area contributed by atoms with Crippen LogP contribution in [0, 0.1) is 5.92 Å². The van der Waals surface area contributed by atoms with E-state index in [1.807, 2.05) is 0 Å². The molecule has 4 N–H and O–H groups in total. The van der Waals surface area contributed by atoms with Gasteiger partial charge in [0.1, 0.15) is 29.0 Å². The number of aliphatic hydroxyl groups excluding tert-OH is 1. The predicted octanol–water partition coefficient (Wildman–Crippen LogP) is 5.30. The molecule has 0 aliphatic carbocycles. The molecule has 1 aromatic rings. The van der Waals surface area contributed by atoms with Gasteiger partial charge >= 0.3 is 24.4 Å². The summed E-state index contributed by atoms with van der Waals surface area (Å²) in [6, 6.07) is 6.97. The van der Waals surface area contributed by atoms with E-state index in [9.17, 15) is 24.0 Å². The maximum atomic E-state index is 13.5. The molecule has 0 saturated carbocycles. The Bertz CT molecular complexity index is 1220. The van der Waals surface area contributed by atoms with Gasteiger partial charge < -0.3 is 49.8 Å². The van der Waals surface area contributed by atoms with Crippen LogP contribution in [0.5, 0.6) is 0 Å². The van der Waals surface area contributed by atoms with Crippen LogP contribution in [0.15, 0.2) is 24.3 Å². The molecule has 0 aliphatic heterocycles. The van der Waals surface area contributed by atoms with Crippen molar-refractivity contribution in [1.82, 2.24) is 20.4 Å². The second kappa shape index (κ2) is 19.4. The van der Waals surface area contributed by atoms with Gasteiger partial charge in [-0.25, -0.2) is 19.2 Å². The van der Waals surface area contributed by atoms with Crippen molar-refractivity contribution in [2.24, 2.45) is 5.92 Å². The van der Waals surface area contributed by atoms with Crippen LogP contribution in [0.2, 0.25) is 0 Å². The van der Waals surface area contributed by atoms with Crippen molar-refractivity contribution < 1.29 is 48.0 Å². The number of hydrogen-bond acceptors (Lipinski definition) is 10. The first-order valence-corrected chi connectivity index (χ1v) is 17.1. The van der Waals surface area contributed by atoms with E-state index >= 15 is 0 Å². The maximum absolute atomic E-state index is 13.5. The molecular formula is C36H61N5O10. The molecule has 1 aromatic carbocycles. The Morgan fingerprint density at radius 2 is 1.00 bits per heavy atom. The van der Waals surface area contributed by atoms with Gasteiger partial charge in [0.2, 0.25) is 5.91 Å². The minimum atomic E-state index is -0.811. The molecular weight excluding hydrogens is 662 g/mol. The van der Waals surface area contributed by atoms with Crippen molar-refractivity contribution in [1.29, 1.82) is 0 Å². The second-order valence-electron chi connectivity index (χ2n) is 16.2. The molecule has 5 amide bonds. The standard InChI is InChI=1S/C36H61N5O10/c1-33(2,3)48-29(44)37-17-19-40(31(46)50-35(7,8)9)22-26(21-25-13-15-27(16-14-25)39-28(43)24-42)23-41(32(47)51-36(10,11)12)20-18-38-30(45)49-34(4,5)6/h13-16,26,42H,17-24H2,1-12H3,(H,37,44)(H,38,45)(H,39,43). The Kier molecular flexibility index (Phi) is 17.0. The summed E-state index contributed by atoms with van der Waals surface area (Å²) in [5.74, 6) is -0.965. The Labute approximate surface area is 303 Å². The maximum Gasteiger partial charge on any atom is 0.410 e. The Balaban J connectivity index is 3.44. The van der Waals surface area contributed by atoms with Gasteiger partial charge in [-0.2, -0.15) is 0 Å². The number of benzene rings is 1. The number of nitrogens with one attached hydrogen (secondary N) is 3. The summed E-state index contributed by atoms with van der Waals surface area (Å²) in [5, 5.41) is 17.0. The lowest BCUT2D eigenvalue weighted by molar-refractivity contribution is -0.118. The van der Waals surface area contributed by atoms with Crippen LogP contribution >= 0.6 is 0 Å². The van der Waals surface area contributed by atoms with Crippen LogP contribution in [0.1, 0.15) is 88.6 Å². The largest absolute Gasteiger partial charge is 0.444 e. The number of anilines is 1. The molecule has 0 fully saturated rings. The van der Waals surface area contributed by atoms with Crippen LogP contribution in [-0.4, -0.2) is 113 Å². The number of ether oxygens (including phenoxy) is 4. The van der Waals surface area contributed by atoms with E-state index in [1.54, 1.807) is 107 Å². The summed E-state index contributed by atoms with van der Waals surface area (Å²) < 4.78 is 22.1. The molecule has 0 aromatic heterocycles. The molecule has 0 aliphatic rings. The van der Waals surface area contributed by atoms with Crippen molar-refractivity contribution in [3.05, 3.63) is 29.8 Å². The number of nitrogens with zero attached hydrogens (tertiary/aromatic N) is 2. The lowest BCUT2D eigenvalue weighted by Crippen LogP contribution is -2.48. The van der Waals surface area contributed by atoms with E-state index in [2.05, 4.69) is 16.0 Å². The zero-order valence-corrected chi connectivity index (χ0v) is 32.6. The number of aliphatic hydroxyl groups is 1. The first-order chi connectivity index (χ1) is 23.2. The average Bonchev–Trinajstić information content (AvgIpc) is 2.93. The number of alkyl carbamates (subject to hydrolysis) is 2. The zero-order valence-electron chi connectivity index (χ0n) is 32.6. The summed E-state index contributed by atoms with van der Waals surface area (Å²) in [6.45, 7) is 20.8. The quantitative estimate of drug-likeness (QED) is 0.184. The van der Waals surface area contributed by atoms with E-state index in [-0.39, 0.29) is 39.3 Å². The molecule has 0 spiro atoms. The van der Waals surface area contributed by atoms with Crippen molar-refractivity contribution in [2.75, 3.05) is 51.2 Å². The molecule has 0 atom stereocenters. The van der Waals surface area contributed by atoms with Gasteiger partial charge in [-0.3, -0.25) is 4.79 Å². The molecule has 15 nitrogen and oxygen atoms in total. The fourth-order valence-electron chi connectivity index (χ4n) is 4.45. The van der Waals surface area contributed by atoms with Crippen LogP contribution in [0.3, 0.4) is 0 Å². The molecule has 0 heterocycles. The molecule has 1 rings (SSSR count). The fourth-order valence-corrected chi connectivity index (χ4v) is 4.45. The minimum absolute atomic E-state index is 0.0652. The lowest BCUT2D eigenvalue weighted by atomic mass is 9.97. The molecule has 0 bridgehead atoms. The number of hydrogen-bond donors (Lipinski definition) is 4. The van der Waals surface area contributed by atoms with Crippen molar-refractivity contribution >= 4 is 36.0 Å². The van der Waals surface area contributed by atoms with E-state index in [0.717, 1.165) is 5.56 Å². The highest BCUT2D eigenvalue weighted by atomic mass is 16.6. The number of rotatable bonds is 14. The smallest absolute Gasteiger partial charge is 0.410 e. The lowest BCUT2D eigenvalue weighted by Gasteiger charge is -2.34. The summed E-state index contributed by atoms with van der Waals surface area (Å²) in [7, 11) is 0.